The van der Waals surface area contributed by atoms with Crippen LogP contribution in [0, 0.1) is 12.3 Å². The van der Waals surface area contributed by atoms with Crippen LogP contribution in [-0.4, -0.2) is 95.6 Å². The Hall–Kier alpha value is -2.05. The summed E-state index contributed by atoms with van der Waals surface area (Å²) in [5, 5.41) is 17.8. The van der Waals surface area contributed by atoms with Gasteiger partial charge in [0.1, 0.15) is 0 Å². The molecule has 1 amide bonds. The van der Waals surface area contributed by atoms with Crippen LogP contribution in [0.5, 0.6) is 0 Å². The summed E-state index contributed by atoms with van der Waals surface area (Å²) in [4.78, 5) is 23.6. The lowest BCUT2D eigenvalue weighted by Gasteiger charge is -2.52. The van der Waals surface area contributed by atoms with Crippen molar-refractivity contribution in [1.82, 2.24) is 29.5 Å². The number of hydrogen-bond acceptors (Lipinski definition) is 7. The first kappa shape index (κ1) is 23.2. The molecule has 11 nitrogen and oxygen atoms in total. The van der Waals surface area contributed by atoms with Crippen LogP contribution in [-0.2, 0) is 26.2 Å². The summed E-state index contributed by atoms with van der Waals surface area (Å²) < 4.78 is 27.8. The van der Waals surface area contributed by atoms with Gasteiger partial charge in [-0.15, -0.1) is 5.10 Å². The summed E-state index contributed by atoms with van der Waals surface area (Å²) in [6, 6.07) is -0.307. The standard InChI is InChI=1S/C16H28N6O3S.CH2O2/c1-13-11-21(19-18-13)10-7-17-15(23)16-5-4-8-22(26(3,24)25)14(16)12-20(2)9-6-16;2-1-3/h11,14H,4-10,12H2,1-3H3,(H,17,23);1H,(H,2,3)/t14-,16+;/m0./s1. The van der Waals surface area contributed by atoms with Gasteiger partial charge in [0.05, 0.1) is 30.0 Å². The molecular formula is C17H30N6O5S. The van der Waals surface area contributed by atoms with E-state index in [2.05, 4.69) is 20.5 Å². The van der Waals surface area contributed by atoms with Gasteiger partial charge in [-0.2, -0.15) is 4.31 Å². The van der Waals surface area contributed by atoms with Crippen molar-refractivity contribution in [2.45, 2.75) is 38.8 Å². The molecule has 164 valence electrons. The van der Waals surface area contributed by atoms with Crippen LogP contribution < -0.4 is 5.32 Å². The van der Waals surface area contributed by atoms with Crippen LogP contribution in [0.2, 0.25) is 0 Å². The maximum atomic E-state index is 13.1. The molecule has 2 fully saturated rings. The smallest absolute Gasteiger partial charge is 0.290 e. The van der Waals surface area contributed by atoms with E-state index in [0.29, 0.717) is 39.0 Å². The van der Waals surface area contributed by atoms with E-state index in [1.807, 2.05) is 20.2 Å². The number of likely N-dealkylation sites (N-methyl/N-ethyl adjacent to an activating group) is 1. The predicted molar refractivity (Wildman–Crippen MR) is 106 cm³/mol. The minimum atomic E-state index is -3.35. The van der Waals surface area contributed by atoms with E-state index >= 15 is 0 Å². The van der Waals surface area contributed by atoms with E-state index < -0.39 is 15.4 Å². The maximum Gasteiger partial charge on any atom is 0.290 e. The van der Waals surface area contributed by atoms with E-state index in [1.54, 1.807) is 4.68 Å². The topological polar surface area (TPSA) is 138 Å². The van der Waals surface area contributed by atoms with Crippen molar-refractivity contribution in [3.63, 3.8) is 0 Å². The lowest BCUT2D eigenvalue weighted by atomic mass is 9.68. The van der Waals surface area contributed by atoms with E-state index in [4.69, 9.17) is 9.90 Å². The first-order chi connectivity index (χ1) is 13.6. The van der Waals surface area contributed by atoms with Crippen LogP contribution in [0.3, 0.4) is 0 Å². The molecule has 2 atom stereocenters. The zero-order valence-electron chi connectivity index (χ0n) is 17.1. The summed E-state index contributed by atoms with van der Waals surface area (Å²) in [6.07, 6.45) is 5.18. The van der Waals surface area contributed by atoms with E-state index in [-0.39, 0.29) is 18.4 Å². The van der Waals surface area contributed by atoms with Crippen molar-refractivity contribution >= 4 is 22.4 Å². The molecule has 12 heteroatoms. The fourth-order valence-electron chi connectivity index (χ4n) is 4.22. The molecule has 2 aliphatic rings. The van der Waals surface area contributed by atoms with Gasteiger partial charge in [0.15, 0.2) is 0 Å². The molecule has 0 spiro atoms. The SMILES string of the molecule is Cc1cn(CCNC(=O)[C@@]23CCCN(S(C)(=O)=O)[C@H]2CN(C)CC3)nn1.O=CO. The number of sulfonamides is 1. The largest absolute Gasteiger partial charge is 0.483 e. The number of hydrogen-bond donors (Lipinski definition) is 2. The number of nitrogens with one attached hydrogen (secondary N) is 1. The van der Waals surface area contributed by atoms with Gasteiger partial charge in [0.2, 0.25) is 15.9 Å². The Morgan fingerprint density at radius 3 is 2.69 bits per heavy atom. The molecule has 1 aromatic heterocycles. The fourth-order valence-corrected chi connectivity index (χ4v) is 5.41. The molecule has 3 rings (SSSR count). The third-order valence-electron chi connectivity index (χ3n) is 5.57. The van der Waals surface area contributed by atoms with Gasteiger partial charge < -0.3 is 15.3 Å². The Bertz CT molecular complexity index is 813. The lowest BCUT2D eigenvalue weighted by molar-refractivity contribution is -0.141. The summed E-state index contributed by atoms with van der Waals surface area (Å²) in [5.41, 5.74) is 0.188. The van der Waals surface area contributed by atoms with Crippen molar-refractivity contribution < 1.29 is 23.1 Å². The highest BCUT2D eigenvalue weighted by Gasteiger charge is 2.54. The maximum absolute atomic E-state index is 13.1. The number of nitrogens with zero attached hydrogens (tertiary/aromatic N) is 5. The van der Waals surface area contributed by atoms with Gasteiger partial charge in [0, 0.05) is 25.8 Å². The summed E-state index contributed by atoms with van der Waals surface area (Å²) in [5.74, 6) is -0.0409. The van der Waals surface area contributed by atoms with Crippen molar-refractivity contribution in [3.05, 3.63) is 11.9 Å². The normalized spacial score (nSPS) is 25.4. The number of carboxylic acid groups (broad SMARTS) is 1. The van der Waals surface area contributed by atoms with Crippen LogP contribution in [0.25, 0.3) is 0 Å². The minimum Gasteiger partial charge on any atom is -0.483 e. The summed E-state index contributed by atoms with van der Waals surface area (Å²) in [6.45, 7) is 4.48. The second-order valence-corrected chi connectivity index (χ2v) is 9.58. The van der Waals surface area contributed by atoms with Crippen molar-refractivity contribution in [1.29, 1.82) is 0 Å². The number of piperidine rings is 2. The van der Waals surface area contributed by atoms with Crippen LogP contribution >= 0.6 is 0 Å². The van der Waals surface area contributed by atoms with E-state index in [0.717, 1.165) is 18.7 Å². The number of carbonyl (C=O) groups is 2. The van der Waals surface area contributed by atoms with Crippen LogP contribution in [0.15, 0.2) is 6.20 Å². The third-order valence-corrected chi connectivity index (χ3v) is 6.86. The highest BCUT2D eigenvalue weighted by molar-refractivity contribution is 7.88. The Morgan fingerprint density at radius 1 is 1.41 bits per heavy atom. The monoisotopic (exact) mass is 430 g/mol. The molecule has 0 aromatic carbocycles. The molecule has 3 heterocycles. The van der Waals surface area contributed by atoms with Gasteiger partial charge >= 0.3 is 0 Å². The molecule has 29 heavy (non-hydrogen) atoms. The number of carbonyl (C=O) groups excluding carboxylic acids is 1. The van der Waals surface area contributed by atoms with Gasteiger partial charge in [-0.3, -0.25) is 14.3 Å². The highest BCUT2D eigenvalue weighted by atomic mass is 32.2. The van der Waals surface area contributed by atoms with Gasteiger partial charge in [-0.1, -0.05) is 5.21 Å². The van der Waals surface area contributed by atoms with Gasteiger partial charge in [-0.05, 0) is 39.8 Å². The number of aromatic nitrogens is 3. The number of aryl methyl sites for hydroxylation is 1. The first-order valence-corrected chi connectivity index (χ1v) is 11.4. The molecule has 0 radical (unpaired) electrons. The summed E-state index contributed by atoms with van der Waals surface area (Å²) >= 11 is 0. The molecule has 2 aliphatic heterocycles. The fraction of sp³-hybridized carbons (Fsp3) is 0.765. The van der Waals surface area contributed by atoms with Crippen molar-refractivity contribution in [3.8, 4) is 0 Å². The average molecular weight is 431 g/mol. The molecular weight excluding hydrogens is 400 g/mol. The van der Waals surface area contributed by atoms with Gasteiger partial charge in [-0.25, -0.2) is 8.42 Å². The number of likely N-dealkylation sites (tertiary alicyclic amines) is 1. The molecule has 2 saturated heterocycles. The molecule has 1 aromatic rings. The quantitative estimate of drug-likeness (QED) is 0.576. The van der Waals surface area contributed by atoms with Crippen molar-refractivity contribution in [2.75, 3.05) is 39.5 Å². The third kappa shape index (κ3) is 5.52. The second kappa shape index (κ2) is 9.63. The molecule has 0 unspecified atom stereocenters. The Balaban J connectivity index is 0.000000941. The number of rotatable bonds is 5. The Kier molecular flexibility index (Phi) is 7.72. The highest BCUT2D eigenvalue weighted by Crippen LogP contribution is 2.43. The van der Waals surface area contributed by atoms with E-state index in [9.17, 15) is 13.2 Å². The second-order valence-electron chi connectivity index (χ2n) is 7.65. The Morgan fingerprint density at radius 2 is 2.10 bits per heavy atom. The predicted octanol–water partition coefficient (Wildman–Crippen LogP) is -0.851. The summed E-state index contributed by atoms with van der Waals surface area (Å²) in [7, 11) is -1.37. The number of amides is 1. The van der Waals surface area contributed by atoms with Gasteiger partial charge in [0.25, 0.3) is 6.47 Å². The Labute approximate surface area is 171 Å². The zero-order valence-corrected chi connectivity index (χ0v) is 17.9. The molecule has 0 bridgehead atoms. The average Bonchev–Trinajstić information content (AvgIpc) is 3.06. The minimum absolute atomic E-state index is 0.0409. The molecule has 0 saturated carbocycles. The molecule has 0 aliphatic carbocycles. The van der Waals surface area contributed by atoms with Crippen molar-refractivity contribution in [2.24, 2.45) is 5.41 Å². The lowest BCUT2D eigenvalue weighted by Crippen LogP contribution is -2.66. The van der Waals surface area contributed by atoms with Crippen LogP contribution in [0.4, 0.5) is 0 Å². The zero-order chi connectivity index (χ0) is 21.7. The molecule has 2 N–H and O–H groups in total. The number of fused-ring (bicyclic) bond motifs is 1. The van der Waals surface area contributed by atoms with E-state index in [1.165, 1.54) is 10.6 Å². The van der Waals surface area contributed by atoms with Crippen LogP contribution in [0.1, 0.15) is 25.0 Å². The first-order valence-electron chi connectivity index (χ1n) is 9.52.